The fourth-order valence-corrected chi connectivity index (χ4v) is 2.95. The molecule has 2 heteroatoms. The summed E-state index contributed by atoms with van der Waals surface area (Å²) in [7, 11) is 0. The topological polar surface area (TPSA) is 12.0 Å². The molecular formula is C11H23NS. The van der Waals surface area contributed by atoms with Crippen LogP contribution in [0.1, 0.15) is 45.4 Å². The second kappa shape index (κ2) is 7.69. The van der Waals surface area contributed by atoms with Crippen molar-refractivity contribution in [3.05, 3.63) is 0 Å². The lowest BCUT2D eigenvalue weighted by molar-refractivity contribution is 0.570. The highest BCUT2D eigenvalue weighted by Gasteiger charge is 2.11. The molecule has 0 aromatic carbocycles. The molecular weight excluding hydrogens is 178 g/mol. The van der Waals surface area contributed by atoms with E-state index in [9.17, 15) is 0 Å². The summed E-state index contributed by atoms with van der Waals surface area (Å²) in [5.41, 5.74) is 0. The van der Waals surface area contributed by atoms with Crippen molar-refractivity contribution in [3.63, 3.8) is 0 Å². The van der Waals surface area contributed by atoms with Gasteiger partial charge in [0.1, 0.15) is 0 Å². The van der Waals surface area contributed by atoms with Crippen molar-refractivity contribution in [2.45, 2.75) is 50.7 Å². The van der Waals surface area contributed by atoms with Gasteiger partial charge in [-0.05, 0) is 6.42 Å². The molecule has 0 bridgehead atoms. The van der Waals surface area contributed by atoms with Crippen molar-refractivity contribution < 1.29 is 0 Å². The van der Waals surface area contributed by atoms with Crippen LogP contribution in [0.4, 0.5) is 0 Å². The molecule has 13 heavy (non-hydrogen) atoms. The van der Waals surface area contributed by atoms with Gasteiger partial charge in [0.2, 0.25) is 0 Å². The lowest BCUT2D eigenvalue weighted by Crippen LogP contribution is -2.32. The molecule has 1 atom stereocenters. The molecule has 78 valence electrons. The first-order chi connectivity index (χ1) is 6.43. The Kier molecular flexibility index (Phi) is 6.73. The second-order valence-corrected chi connectivity index (χ2v) is 5.31. The van der Waals surface area contributed by atoms with Gasteiger partial charge in [0.25, 0.3) is 0 Å². The van der Waals surface area contributed by atoms with Gasteiger partial charge in [-0.3, -0.25) is 0 Å². The van der Waals surface area contributed by atoms with Crippen molar-refractivity contribution >= 4 is 11.8 Å². The van der Waals surface area contributed by atoms with Gasteiger partial charge in [-0.2, -0.15) is 11.8 Å². The first-order valence-electron chi connectivity index (χ1n) is 5.76. The minimum Gasteiger partial charge on any atom is -0.315 e. The molecule has 0 aromatic rings. The third-order valence-electron chi connectivity index (χ3n) is 2.63. The van der Waals surface area contributed by atoms with Crippen LogP contribution in [0.15, 0.2) is 0 Å². The molecule has 0 saturated carbocycles. The van der Waals surface area contributed by atoms with Crippen LogP contribution < -0.4 is 5.32 Å². The normalized spacial score (nSPS) is 23.3. The van der Waals surface area contributed by atoms with Gasteiger partial charge in [-0.15, -0.1) is 0 Å². The van der Waals surface area contributed by atoms with E-state index in [1.165, 1.54) is 57.4 Å². The average molecular weight is 201 g/mol. The monoisotopic (exact) mass is 201 g/mol. The highest BCUT2D eigenvalue weighted by Crippen LogP contribution is 2.19. The van der Waals surface area contributed by atoms with Gasteiger partial charge in [0.05, 0.1) is 0 Å². The summed E-state index contributed by atoms with van der Waals surface area (Å²) in [4.78, 5) is 0. The highest BCUT2D eigenvalue weighted by molar-refractivity contribution is 8.00. The fourth-order valence-electron chi connectivity index (χ4n) is 1.78. The van der Waals surface area contributed by atoms with Crippen LogP contribution in [-0.2, 0) is 0 Å². The second-order valence-electron chi connectivity index (χ2n) is 3.90. The maximum Gasteiger partial charge on any atom is 0.0172 e. The third kappa shape index (κ3) is 5.58. The zero-order valence-electron chi connectivity index (χ0n) is 8.85. The quantitative estimate of drug-likeness (QED) is 0.663. The minimum atomic E-state index is 0.912. The van der Waals surface area contributed by atoms with E-state index < -0.39 is 0 Å². The Bertz CT molecular complexity index is 111. The molecule has 0 aliphatic carbocycles. The Morgan fingerprint density at radius 3 is 2.77 bits per heavy atom. The van der Waals surface area contributed by atoms with Crippen LogP contribution in [0, 0.1) is 0 Å². The molecule has 1 N–H and O–H groups in total. The van der Waals surface area contributed by atoms with E-state index in [0.29, 0.717) is 0 Å². The predicted molar refractivity (Wildman–Crippen MR) is 62.5 cm³/mol. The number of hydrogen-bond donors (Lipinski definition) is 1. The van der Waals surface area contributed by atoms with Crippen LogP contribution in [0.3, 0.4) is 0 Å². The Morgan fingerprint density at radius 2 is 2.08 bits per heavy atom. The van der Waals surface area contributed by atoms with Gasteiger partial charge in [-0.1, -0.05) is 39.0 Å². The van der Waals surface area contributed by atoms with Crippen molar-refractivity contribution in [1.29, 1.82) is 0 Å². The summed E-state index contributed by atoms with van der Waals surface area (Å²) in [6.07, 6.45) is 8.56. The van der Waals surface area contributed by atoms with Gasteiger partial charge >= 0.3 is 0 Å². The van der Waals surface area contributed by atoms with Gasteiger partial charge in [0.15, 0.2) is 0 Å². The maximum absolute atomic E-state index is 3.47. The smallest absolute Gasteiger partial charge is 0.0172 e. The summed E-state index contributed by atoms with van der Waals surface area (Å²) < 4.78 is 0. The van der Waals surface area contributed by atoms with Crippen molar-refractivity contribution in [2.75, 3.05) is 18.8 Å². The average Bonchev–Trinajstić information content (AvgIpc) is 2.19. The molecule has 0 radical (unpaired) electrons. The SMILES string of the molecule is CCCCCCCC1CNCCS1. The Labute approximate surface area is 87.1 Å². The van der Waals surface area contributed by atoms with Gasteiger partial charge in [0, 0.05) is 24.1 Å². The van der Waals surface area contributed by atoms with Crippen molar-refractivity contribution in [1.82, 2.24) is 5.32 Å². The summed E-state index contributed by atoms with van der Waals surface area (Å²) >= 11 is 2.16. The number of nitrogens with one attached hydrogen (secondary N) is 1. The first kappa shape index (κ1) is 11.4. The number of thioether (sulfide) groups is 1. The highest BCUT2D eigenvalue weighted by atomic mass is 32.2. The zero-order valence-corrected chi connectivity index (χ0v) is 9.67. The largest absolute Gasteiger partial charge is 0.315 e. The Hall–Kier alpha value is 0.310. The van der Waals surface area contributed by atoms with Gasteiger partial charge < -0.3 is 5.32 Å². The molecule has 0 aromatic heterocycles. The molecule has 0 spiro atoms. The van der Waals surface area contributed by atoms with Crippen molar-refractivity contribution in [3.8, 4) is 0 Å². The van der Waals surface area contributed by atoms with E-state index in [1.807, 2.05) is 0 Å². The van der Waals surface area contributed by atoms with E-state index in [-0.39, 0.29) is 0 Å². The maximum atomic E-state index is 3.47. The molecule has 1 saturated heterocycles. The summed E-state index contributed by atoms with van der Waals surface area (Å²) in [6.45, 7) is 4.75. The van der Waals surface area contributed by atoms with E-state index >= 15 is 0 Å². The lowest BCUT2D eigenvalue weighted by Gasteiger charge is -2.22. The zero-order chi connectivity index (χ0) is 9.36. The number of unbranched alkanes of at least 4 members (excludes halogenated alkanes) is 4. The lowest BCUT2D eigenvalue weighted by atomic mass is 10.1. The fraction of sp³-hybridized carbons (Fsp3) is 1.00. The molecule has 0 amide bonds. The van der Waals surface area contributed by atoms with Crippen LogP contribution in [0.2, 0.25) is 0 Å². The van der Waals surface area contributed by atoms with E-state index in [1.54, 1.807) is 0 Å². The molecule has 1 nitrogen and oxygen atoms in total. The van der Waals surface area contributed by atoms with Crippen molar-refractivity contribution in [2.24, 2.45) is 0 Å². The predicted octanol–water partition coefficient (Wildman–Crippen LogP) is 3.05. The Morgan fingerprint density at radius 1 is 1.23 bits per heavy atom. The minimum absolute atomic E-state index is 0.912. The molecule has 1 aliphatic heterocycles. The first-order valence-corrected chi connectivity index (χ1v) is 6.80. The Balaban J connectivity index is 1.86. The van der Waals surface area contributed by atoms with Crippen LogP contribution in [0.25, 0.3) is 0 Å². The molecule has 1 unspecified atom stereocenters. The molecule has 1 rings (SSSR count). The standard InChI is InChI=1S/C11H23NS/c1-2-3-4-5-6-7-11-10-12-8-9-13-11/h11-12H,2-10H2,1H3. The van der Waals surface area contributed by atoms with E-state index in [4.69, 9.17) is 0 Å². The molecule has 1 aliphatic rings. The van der Waals surface area contributed by atoms with Gasteiger partial charge in [-0.25, -0.2) is 0 Å². The summed E-state index contributed by atoms with van der Waals surface area (Å²) in [5, 5.41) is 4.38. The number of hydrogen-bond acceptors (Lipinski definition) is 2. The van der Waals surface area contributed by atoms with E-state index in [2.05, 4.69) is 24.0 Å². The van der Waals surface area contributed by atoms with Crippen LogP contribution >= 0.6 is 11.8 Å². The van der Waals surface area contributed by atoms with E-state index in [0.717, 1.165) is 5.25 Å². The summed E-state index contributed by atoms with van der Waals surface area (Å²) in [5.74, 6) is 1.32. The number of rotatable bonds is 6. The van der Waals surface area contributed by atoms with Crippen LogP contribution in [-0.4, -0.2) is 24.1 Å². The van der Waals surface area contributed by atoms with Crippen LogP contribution in [0.5, 0.6) is 0 Å². The third-order valence-corrected chi connectivity index (χ3v) is 3.95. The molecule has 1 fully saturated rings. The summed E-state index contributed by atoms with van der Waals surface area (Å²) in [6, 6.07) is 0. The molecule has 1 heterocycles.